The number of phenols is 1. The maximum absolute atomic E-state index is 12.0. The number of carboxylic acids is 1. The largest absolute Gasteiger partial charge is 0.506 e. The van der Waals surface area contributed by atoms with Gasteiger partial charge >= 0.3 is 5.97 Å². The lowest BCUT2D eigenvalue weighted by molar-refractivity contribution is -0.174. The average Bonchev–Trinajstić information content (AvgIpc) is 3.08. The van der Waals surface area contributed by atoms with Crippen molar-refractivity contribution in [3.05, 3.63) is 16.7 Å². The van der Waals surface area contributed by atoms with Crippen LogP contribution in [-0.2, 0) is 22.3 Å². The van der Waals surface area contributed by atoms with E-state index in [9.17, 15) is 15.0 Å². The van der Waals surface area contributed by atoms with Crippen molar-refractivity contribution in [2.24, 2.45) is 23.7 Å². The molecule has 0 aliphatic carbocycles. The highest BCUT2D eigenvalue weighted by Gasteiger charge is 2.55. The predicted octanol–water partition coefficient (Wildman–Crippen LogP) is 2.96. The SMILES string of the molecule is C[C@H]1CO[C@]2(C)Oc3c(c(O)c(C(=O)O)c4c3C[C@@H]3[C@@H](C)CO[C@]3(C)O4)C[C@H]12. The number of aromatic hydroxyl groups is 1. The van der Waals surface area contributed by atoms with E-state index >= 15 is 0 Å². The zero-order valence-corrected chi connectivity index (χ0v) is 16.6. The Labute approximate surface area is 163 Å². The number of benzene rings is 1. The molecule has 0 unspecified atom stereocenters. The number of carboxylic acid groups (broad SMARTS) is 1. The Hall–Kier alpha value is -1.99. The number of hydrogen-bond donors (Lipinski definition) is 2. The Kier molecular flexibility index (Phi) is 3.57. The van der Waals surface area contributed by atoms with Gasteiger partial charge in [0.1, 0.15) is 22.8 Å². The van der Waals surface area contributed by atoms with Crippen LogP contribution in [0.5, 0.6) is 17.2 Å². The van der Waals surface area contributed by atoms with Crippen molar-refractivity contribution in [2.45, 2.75) is 52.1 Å². The molecule has 0 amide bonds. The van der Waals surface area contributed by atoms with Crippen LogP contribution in [0.2, 0.25) is 0 Å². The van der Waals surface area contributed by atoms with Crippen molar-refractivity contribution >= 4 is 5.97 Å². The third-order valence-corrected chi connectivity index (χ3v) is 7.23. The van der Waals surface area contributed by atoms with Crippen molar-refractivity contribution in [3.63, 3.8) is 0 Å². The Bertz CT molecular complexity index is 880. The van der Waals surface area contributed by atoms with E-state index in [1.807, 2.05) is 13.8 Å². The molecule has 2 saturated heterocycles. The summed E-state index contributed by atoms with van der Waals surface area (Å²) >= 11 is 0. The molecule has 28 heavy (non-hydrogen) atoms. The molecule has 2 N–H and O–H groups in total. The number of rotatable bonds is 1. The molecule has 4 aliphatic heterocycles. The molecular weight excluding hydrogens is 364 g/mol. The summed E-state index contributed by atoms with van der Waals surface area (Å²) in [6.45, 7) is 9.08. The van der Waals surface area contributed by atoms with Gasteiger partial charge in [0.2, 0.25) is 11.6 Å². The second-order valence-electron chi connectivity index (χ2n) is 9.08. The molecule has 6 atom stereocenters. The number of carbonyl (C=O) groups is 1. The van der Waals surface area contributed by atoms with Gasteiger partial charge in [0.25, 0.3) is 0 Å². The standard InChI is InChI=1S/C21H26O7/c1-9-7-25-20(3)13(9)5-11-16(22)15(19(23)24)18-12(17(11)27-20)6-14-10(2)8-26-21(14,4)28-18/h9-10,13-14,22H,5-8H2,1-4H3,(H,23,24)/t9-,10-,13+,14+,20+,21+/m0/s1. The average molecular weight is 390 g/mol. The minimum absolute atomic E-state index is 0.0501. The lowest BCUT2D eigenvalue weighted by Gasteiger charge is -2.43. The van der Waals surface area contributed by atoms with Gasteiger partial charge in [-0.2, -0.15) is 0 Å². The Morgan fingerprint density at radius 1 is 0.929 bits per heavy atom. The second kappa shape index (κ2) is 5.54. The van der Waals surface area contributed by atoms with Gasteiger partial charge in [-0.3, -0.25) is 0 Å². The van der Waals surface area contributed by atoms with Crippen LogP contribution < -0.4 is 9.47 Å². The maximum Gasteiger partial charge on any atom is 0.343 e. The molecule has 0 bridgehead atoms. The molecule has 0 spiro atoms. The molecule has 1 aromatic carbocycles. The minimum atomic E-state index is -1.21. The summed E-state index contributed by atoms with van der Waals surface area (Å²) in [6, 6.07) is 0. The first-order valence-electron chi connectivity index (χ1n) is 9.94. The van der Waals surface area contributed by atoms with Crippen LogP contribution in [0.3, 0.4) is 0 Å². The number of hydrogen-bond acceptors (Lipinski definition) is 6. The van der Waals surface area contributed by atoms with Gasteiger partial charge in [-0.15, -0.1) is 0 Å². The van der Waals surface area contributed by atoms with Gasteiger partial charge in [-0.1, -0.05) is 13.8 Å². The Morgan fingerprint density at radius 2 is 1.43 bits per heavy atom. The lowest BCUT2D eigenvalue weighted by atomic mass is 9.77. The van der Waals surface area contributed by atoms with Gasteiger partial charge in [-0.25, -0.2) is 4.79 Å². The molecule has 7 nitrogen and oxygen atoms in total. The number of aromatic carboxylic acids is 1. The van der Waals surface area contributed by atoms with E-state index in [4.69, 9.17) is 18.9 Å². The van der Waals surface area contributed by atoms with E-state index in [0.717, 1.165) is 0 Å². The van der Waals surface area contributed by atoms with Gasteiger partial charge < -0.3 is 29.2 Å². The first-order chi connectivity index (χ1) is 13.1. The zero-order valence-electron chi connectivity index (χ0n) is 16.6. The fourth-order valence-corrected chi connectivity index (χ4v) is 5.51. The summed E-state index contributed by atoms with van der Waals surface area (Å²) in [4.78, 5) is 12.0. The normalized spacial score (nSPS) is 40.6. The summed E-state index contributed by atoms with van der Waals surface area (Å²) in [5.74, 6) is -1.84. The van der Waals surface area contributed by atoms with Crippen molar-refractivity contribution in [3.8, 4) is 17.2 Å². The van der Waals surface area contributed by atoms with Crippen molar-refractivity contribution in [1.29, 1.82) is 0 Å². The van der Waals surface area contributed by atoms with Crippen LogP contribution >= 0.6 is 0 Å². The van der Waals surface area contributed by atoms with Crippen LogP contribution in [0.25, 0.3) is 0 Å². The summed E-state index contributed by atoms with van der Waals surface area (Å²) in [5, 5.41) is 20.7. The summed E-state index contributed by atoms with van der Waals surface area (Å²) < 4.78 is 24.3. The lowest BCUT2D eigenvalue weighted by Crippen LogP contribution is -2.47. The van der Waals surface area contributed by atoms with E-state index in [1.165, 1.54) is 0 Å². The highest BCUT2D eigenvalue weighted by molar-refractivity contribution is 5.96. The van der Waals surface area contributed by atoms with E-state index in [1.54, 1.807) is 0 Å². The Balaban J connectivity index is 1.72. The van der Waals surface area contributed by atoms with Crippen LogP contribution in [-0.4, -0.2) is 41.0 Å². The summed E-state index contributed by atoms with van der Waals surface area (Å²) in [5.41, 5.74) is 1.05. The van der Waals surface area contributed by atoms with Crippen LogP contribution in [0.4, 0.5) is 0 Å². The van der Waals surface area contributed by atoms with Crippen LogP contribution in [0, 0.1) is 23.7 Å². The van der Waals surface area contributed by atoms with Gasteiger partial charge in [-0.05, 0) is 24.7 Å². The smallest absolute Gasteiger partial charge is 0.343 e. The first kappa shape index (κ1) is 18.1. The fraction of sp³-hybridized carbons (Fsp3) is 0.667. The van der Waals surface area contributed by atoms with E-state index in [-0.39, 0.29) is 40.7 Å². The summed E-state index contributed by atoms with van der Waals surface area (Å²) in [7, 11) is 0. The molecule has 5 rings (SSSR count). The third-order valence-electron chi connectivity index (χ3n) is 7.23. The fourth-order valence-electron chi connectivity index (χ4n) is 5.51. The second-order valence-corrected chi connectivity index (χ2v) is 9.08. The zero-order chi connectivity index (χ0) is 20.0. The van der Waals surface area contributed by atoms with Crippen molar-refractivity contribution < 1.29 is 34.0 Å². The molecule has 2 fully saturated rings. The molecular formula is C21H26O7. The van der Waals surface area contributed by atoms with E-state index < -0.39 is 17.5 Å². The molecule has 1 aromatic rings. The van der Waals surface area contributed by atoms with Crippen LogP contribution in [0.1, 0.15) is 49.2 Å². The van der Waals surface area contributed by atoms with E-state index in [0.29, 0.717) is 42.9 Å². The quantitative estimate of drug-likeness (QED) is 0.761. The molecule has 0 saturated carbocycles. The third kappa shape index (κ3) is 2.20. The van der Waals surface area contributed by atoms with Crippen molar-refractivity contribution in [2.75, 3.05) is 13.2 Å². The molecule has 4 heterocycles. The van der Waals surface area contributed by atoms with Gasteiger partial charge in [0.05, 0.1) is 13.2 Å². The molecule has 4 aliphatic rings. The van der Waals surface area contributed by atoms with Crippen molar-refractivity contribution in [1.82, 2.24) is 0 Å². The monoisotopic (exact) mass is 390 g/mol. The van der Waals surface area contributed by atoms with Gasteiger partial charge in [0.15, 0.2) is 0 Å². The molecule has 0 aromatic heterocycles. The maximum atomic E-state index is 12.0. The number of ether oxygens (including phenoxy) is 4. The molecule has 7 heteroatoms. The number of fused-ring (bicyclic) bond motifs is 5. The highest BCUT2D eigenvalue weighted by atomic mass is 16.7. The summed E-state index contributed by atoms with van der Waals surface area (Å²) in [6.07, 6.45) is 1.09. The highest BCUT2D eigenvalue weighted by Crippen LogP contribution is 2.57. The van der Waals surface area contributed by atoms with E-state index in [2.05, 4.69) is 13.8 Å². The first-order valence-corrected chi connectivity index (χ1v) is 9.94. The topological polar surface area (TPSA) is 94.5 Å². The minimum Gasteiger partial charge on any atom is -0.506 e. The predicted molar refractivity (Wildman–Crippen MR) is 97.8 cm³/mol. The molecule has 152 valence electrons. The Morgan fingerprint density at radius 3 is 1.96 bits per heavy atom. The molecule has 0 radical (unpaired) electrons. The van der Waals surface area contributed by atoms with Crippen LogP contribution in [0.15, 0.2) is 0 Å². The van der Waals surface area contributed by atoms with Gasteiger partial charge in [0, 0.05) is 36.8 Å².